The molecular formula is C23H30N4O3. The van der Waals surface area contributed by atoms with Crippen molar-refractivity contribution in [1.29, 1.82) is 0 Å². The van der Waals surface area contributed by atoms with E-state index in [0.29, 0.717) is 43.1 Å². The van der Waals surface area contributed by atoms with Crippen LogP contribution in [0.2, 0.25) is 0 Å². The number of carbonyl (C=O) groups excluding carboxylic acids is 1. The monoisotopic (exact) mass is 410 g/mol. The van der Waals surface area contributed by atoms with Gasteiger partial charge in [-0.3, -0.25) is 9.69 Å². The number of benzene rings is 2. The molecule has 0 fully saturated rings. The molecule has 0 unspecified atom stereocenters. The minimum atomic E-state index is -0.154. The van der Waals surface area contributed by atoms with Crippen LogP contribution in [0.4, 0.5) is 5.69 Å². The van der Waals surface area contributed by atoms with Gasteiger partial charge < -0.3 is 20.5 Å². The van der Waals surface area contributed by atoms with E-state index < -0.39 is 0 Å². The summed E-state index contributed by atoms with van der Waals surface area (Å²) in [5.74, 6) is -0.154. The molecule has 7 nitrogen and oxygen atoms in total. The maximum atomic E-state index is 12.9. The van der Waals surface area contributed by atoms with E-state index in [1.165, 1.54) is 0 Å². The fourth-order valence-electron chi connectivity index (χ4n) is 3.55. The highest BCUT2D eigenvalue weighted by Gasteiger charge is 2.15. The van der Waals surface area contributed by atoms with Crippen molar-refractivity contribution in [3.8, 4) is 0 Å². The van der Waals surface area contributed by atoms with Gasteiger partial charge in [0.2, 0.25) is 0 Å². The van der Waals surface area contributed by atoms with Crippen LogP contribution in [-0.2, 0) is 9.47 Å². The molecule has 0 radical (unpaired) electrons. The Bertz CT molecular complexity index is 1010. The van der Waals surface area contributed by atoms with Gasteiger partial charge >= 0.3 is 0 Å². The molecule has 0 aliphatic carbocycles. The Morgan fingerprint density at radius 2 is 1.63 bits per heavy atom. The van der Waals surface area contributed by atoms with Gasteiger partial charge in [0.25, 0.3) is 5.91 Å². The van der Waals surface area contributed by atoms with E-state index >= 15 is 0 Å². The summed E-state index contributed by atoms with van der Waals surface area (Å²) in [6.45, 7) is 6.07. The van der Waals surface area contributed by atoms with E-state index in [4.69, 9.17) is 20.2 Å². The zero-order valence-corrected chi connectivity index (χ0v) is 17.9. The minimum absolute atomic E-state index is 0.154. The van der Waals surface area contributed by atoms with Crippen molar-refractivity contribution in [3.05, 3.63) is 47.5 Å². The molecular weight excluding hydrogens is 380 g/mol. The number of hydrogen-bond acceptors (Lipinski definition) is 6. The van der Waals surface area contributed by atoms with Gasteiger partial charge in [-0.05, 0) is 18.6 Å². The van der Waals surface area contributed by atoms with Crippen molar-refractivity contribution >= 4 is 33.4 Å². The number of para-hydroxylation sites is 2. The van der Waals surface area contributed by atoms with Crippen LogP contribution in [0.25, 0.3) is 21.8 Å². The van der Waals surface area contributed by atoms with Gasteiger partial charge in [0, 0.05) is 51.2 Å². The molecule has 1 aromatic heterocycles. The van der Waals surface area contributed by atoms with E-state index in [2.05, 4.69) is 10.2 Å². The molecule has 0 spiro atoms. The Hall–Kier alpha value is -2.74. The maximum absolute atomic E-state index is 12.9. The van der Waals surface area contributed by atoms with Gasteiger partial charge in [0.15, 0.2) is 0 Å². The topological polar surface area (TPSA) is 89.7 Å². The second-order valence-electron chi connectivity index (χ2n) is 7.28. The third-order valence-electron chi connectivity index (χ3n) is 5.26. The lowest BCUT2D eigenvalue weighted by Gasteiger charge is -2.21. The molecule has 30 heavy (non-hydrogen) atoms. The third-order valence-corrected chi connectivity index (χ3v) is 5.26. The van der Waals surface area contributed by atoms with Crippen LogP contribution in [0, 0.1) is 6.92 Å². The Morgan fingerprint density at radius 3 is 2.30 bits per heavy atom. The summed E-state index contributed by atoms with van der Waals surface area (Å²) >= 11 is 0. The summed E-state index contributed by atoms with van der Waals surface area (Å²) in [6, 6.07) is 11.5. The van der Waals surface area contributed by atoms with Crippen LogP contribution in [0.1, 0.15) is 15.9 Å². The van der Waals surface area contributed by atoms with Crippen molar-refractivity contribution in [1.82, 2.24) is 15.2 Å². The lowest BCUT2D eigenvalue weighted by atomic mass is 10.0. The van der Waals surface area contributed by atoms with Crippen molar-refractivity contribution in [3.63, 3.8) is 0 Å². The first-order valence-electron chi connectivity index (χ1n) is 10.1. The fourth-order valence-corrected chi connectivity index (χ4v) is 3.55. The molecule has 3 aromatic rings. The molecule has 7 heteroatoms. The number of ether oxygens (including phenoxy) is 2. The molecule has 1 heterocycles. The number of methoxy groups -OCH3 is 2. The Balaban J connectivity index is 1.79. The highest BCUT2D eigenvalue weighted by atomic mass is 16.5. The number of aryl methyl sites for hydroxylation is 1. The number of nitrogens with one attached hydrogen (secondary N) is 1. The Morgan fingerprint density at radius 1 is 1.00 bits per heavy atom. The normalized spacial score (nSPS) is 11.5. The van der Waals surface area contributed by atoms with Gasteiger partial charge in [-0.25, -0.2) is 4.98 Å². The van der Waals surface area contributed by atoms with Crippen molar-refractivity contribution in [2.75, 3.05) is 59.3 Å². The molecule has 0 saturated heterocycles. The second kappa shape index (κ2) is 10.3. The van der Waals surface area contributed by atoms with Gasteiger partial charge in [-0.1, -0.05) is 30.3 Å². The Labute approximate surface area is 177 Å². The van der Waals surface area contributed by atoms with E-state index in [1.807, 2.05) is 37.3 Å². The minimum Gasteiger partial charge on any atom is -0.398 e. The van der Waals surface area contributed by atoms with Crippen LogP contribution in [-0.4, -0.2) is 69.4 Å². The second-order valence-corrected chi connectivity index (χ2v) is 7.28. The van der Waals surface area contributed by atoms with Gasteiger partial charge in [0.05, 0.1) is 35.5 Å². The molecule has 0 saturated carbocycles. The van der Waals surface area contributed by atoms with E-state index in [9.17, 15) is 4.79 Å². The van der Waals surface area contributed by atoms with Crippen LogP contribution < -0.4 is 11.1 Å². The molecule has 1 amide bonds. The number of nitrogen functional groups attached to an aromatic ring is 1. The number of pyridine rings is 1. The first-order valence-corrected chi connectivity index (χ1v) is 10.1. The van der Waals surface area contributed by atoms with Crippen molar-refractivity contribution < 1.29 is 14.3 Å². The largest absolute Gasteiger partial charge is 0.398 e. The number of nitrogens with two attached hydrogens (primary N) is 1. The maximum Gasteiger partial charge on any atom is 0.253 e. The quantitative estimate of drug-likeness (QED) is 0.500. The summed E-state index contributed by atoms with van der Waals surface area (Å²) in [6.07, 6.45) is 0. The zero-order chi connectivity index (χ0) is 21.5. The number of amides is 1. The van der Waals surface area contributed by atoms with Gasteiger partial charge in [-0.2, -0.15) is 0 Å². The van der Waals surface area contributed by atoms with Crippen molar-refractivity contribution in [2.24, 2.45) is 0 Å². The third kappa shape index (κ3) is 4.87. The number of anilines is 1. The summed E-state index contributed by atoms with van der Waals surface area (Å²) in [4.78, 5) is 19.9. The molecule has 2 aromatic carbocycles. The van der Waals surface area contributed by atoms with E-state index in [-0.39, 0.29) is 5.91 Å². The predicted octanol–water partition coefficient (Wildman–Crippen LogP) is 2.60. The van der Waals surface area contributed by atoms with Crippen molar-refractivity contribution in [2.45, 2.75) is 6.92 Å². The summed E-state index contributed by atoms with van der Waals surface area (Å²) in [5, 5.41) is 4.72. The van der Waals surface area contributed by atoms with E-state index in [0.717, 1.165) is 34.9 Å². The smallest absolute Gasteiger partial charge is 0.253 e. The molecule has 160 valence electrons. The lowest BCUT2D eigenvalue weighted by molar-refractivity contribution is 0.0933. The zero-order valence-electron chi connectivity index (χ0n) is 17.9. The first kappa shape index (κ1) is 22.0. The average molecular weight is 411 g/mol. The van der Waals surface area contributed by atoms with Crippen LogP contribution in [0.15, 0.2) is 36.4 Å². The SMILES string of the molecule is COCCN(CCNC(=O)c1cccc2c(N)c3cccc(C)c3nc12)CCOC. The first-order chi connectivity index (χ1) is 14.6. The van der Waals surface area contributed by atoms with Crippen LogP contribution >= 0.6 is 0 Å². The molecule has 0 aliphatic rings. The summed E-state index contributed by atoms with van der Waals surface area (Å²) in [7, 11) is 3.36. The molecule has 3 rings (SSSR count). The van der Waals surface area contributed by atoms with Crippen LogP contribution in [0.3, 0.4) is 0 Å². The number of hydrogen-bond donors (Lipinski definition) is 2. The van der Waals surface area contributed by atoms with E-state index in [1.54, 1.807) is 20.3 Å². The summed E-state index contributed by atoms with van der Waals surface area (Å²) < 4.78 is 10.3. The van der Waals surface area contributed by atoms with Crippen LogP contribution in [0.5, 0.6) is 0 Å². The standard InChI is InChI=1S/C23H30N4O3/c1-16-6-4-7-17-20(24)18-8-5-9-19(22(18)26-21(16)17)23(28)25-10-11-27(12-14-29-2)13-15-30-3/h4-9H,10-15H2,1-3H3,(H2,24,26)(H,25,28). The Kier molecular flexibility index (Phi) is 7.57. The van der Waals surface area contributed by atoms with Gasteiger partial charge in [-0.15, -0.1) is 0 Å². The predicted molar refractivity (Wildman–Crippen MR) is 121 cm³/mol. The molecule has 0 atom stereocenters. The lowest BCUT2D eigenvalue weighted by Crippen LogP contribution is -2.38. The number of aromatic nitrogens is 1. The van der Waals surface area contributed by atoms with Gasteiger partial charge in [0.1, 0.15) is 0 Å². The average Bonchev–Trinajstić information content (AvgIpc) is 2.75. The highest BCUT2D eigenvalue weighted by molar-refractivity contribution is 6.13. The number of rotatable bonds is 10. The fraction of sp³-hybridized carbons (Fsp3) is 0.391. The molecule has 0 bridgehead atoms. The number of fused-ring (bicyclic) bond motifs is 2. The molecule has 0 aliphatic heterocycles. The molecule has 3 N–H and O–H groups in total. The highest BCUT2D eigenvalue weighted by Crippen LogP contribution is 2.31. The summed E-state index contributed by atoms with van der Waals surface area (Å²) in [5.41, 5.74) is 10.1. The number of carbonyl (C=O) groups is 1. The number of nitrogens with zero attached hydrogens (tertiary/aromatic N) is 2.